The number of aryl methyl sites for hydroxylation is 1. The van der Waals surface area contributed by atoms with Crippen molar-refractivity contribution in [3.05, 3.63) is 94.4 Å². The molecule has 1 N–H and O–H groups in total. The fourth-order valence-corrected chi connectivity index (χ4v) is 4.23. The van der Waals surface area contributed by atoms with Gasteiger partial charge in [0, 0.05) is 49.5 Å². The number of rotatable bonds is 6. The zero-order chi connectivity index (χ0) is 22.0. The van der Waals surface area contributed by atoms with Crippen LogP contribution in [0, 0.1) is 6.92 Å². The summed E-state index contributed by atoms with van der Waals surface area (Å²) in [6.45, 7) is 1.81. The second-order valence-corrected chi connectivity index (χ2v) is 8.88. The van der Waals surface area contributed by atoms with Crippen molar-refractivity contribution < 1.29 is 8.42 Å². The van der Waals surface area contributed by atoms with Crippen molar-refractivity contribution in [3.8, 4) is 5.82 Å². The first-order chi connectivity index (χ1) is 14.9. The first kappa shape index (κ1) is 20.5. The summed E-state index contributed by atoms with van der Waals surface area (Å²) in [4.78, 5) is 25.3. The lowest BCUT2D eigenvalue weighted by atomic mass is 10.1. The zero-order valence-electron chi connectivity index (χ0n) is 16.9. The minimum absolute atomic E-state index is 0.00341. The van der Waals surface area contributed by atoms with Crippen molar-refractivity contribution in [1.29, 1.82) is 0 Å². The summed E-state index contributed by atoms with van der Waals surface area (Å²) in [5.41, 5.74) is 1.99. The van der Waals surface area contributed by atoms with Crippen molar-refractivity contribution >= 4 is 15.8 Å². The van der Waals surface area contributed by atoms with Gasteiger partial charge in [-0.3, -0.25) is 19.2 Å². The molecule has 4 aromatic heterocycles. The number of aromatic amines is 1. The molecule has 0 aliphatic heterocycles. The predicted octanol–water partition coefficient (Wildman–Crippen LogP) is 2.07. The van der Waals surface area contributed by atoms with Gasteiger partial charge in [-0.2, -0.15) is 0 Å². The highest BCUT2D eigenvalue weighted by molar-refractivity contribution is 7.92. The molecule has 0 saturated heterocycles. The summed E-state index contributed by atoms with van der Waals surface area (Å²) in [6, 6.07) is 11.6. The second kappa shape index (κ2) is 8.15. The smallest absolute Gasteiger partial charge is 0.276 e. The van der Waals surface area contributed by atoms with Gasteiger partial charge < -0.3 is 0 Å². The molecule has 0 aliphatic carbocycles. The third kappa shape index (κ3) is 3.97. The van der Waals surface area contributed by atoms with Gasteiger partial charge in [-0.05, 0) is 42.8 Å². The standard InChI is InChI=1S/C21H20N6O3S/c1-15-18(12-16-6-5-10-22-13-16)21(28)27(25-15)20-9-8-17(14-24-20)31(29,30)26(2)19-7-3-4-11-23-19/h3-11,13-14,25H,12H2,1-2H3. The minimum atomic E-state index is -3.84. The van der Waals surface area contributed by atoms with E-state index in [2.05, 4.69) is 20.1 Å². The van der Waals surface area contributed by atoms with Crippen LogP contribution in [0.5, 0.6) is 0 Å². The Morgan fingerprint density at radius 1 is 1.03 bits per heavy atom. The minimum Gasteiger partial charge on any atom is -0.294 e. The molecule has 4 heterocycles. The first-order valence-corrected chi connectivity index (χ1v) is 10.9. The van der Waals surface area contributed by atoms with E-state index in [0.717, 1.165) is 9.87 Å². The number of nitrogens with zero attached hydrogens (tertiary/aromatic N) is 5. The number of aromatic nitrogens is 5. The van der Waals surface area contributed by atoms with Crippen molar-refractivity contribution in [2.75, 3.05) is 11.4 Å². The molecular formula is C21H20N6O3S. The number of nitrogens with one attached hydrogen (secondary N) is 1. The summed E-state index contributed by atoms with van der Waals surface area (Å²) in [5.74, 6) is 0.591. The van der Waals surface area contributed by atoms with Crippen molar-refractivity contribution in [2.45, 2.75) is 18.2 Å². The van der Waals surface area contributed by atoms with E-state index in [1.165, 1.54) is 36.3 Å². The molecule has 31 heavy (non-hydrogen) atoms. The van der Waals surface area contributed by atoms with E-state index in [0.29, 0.717) is 29.3 Å². The van der Waals surface area contributed by atoms with Crippen LogP contribution in [0.4, 0.5) is 5.82 Å². The summed E-state index contributed by atoms with van der Waals surface area (Å²) in [5, 5.41) is 3.01. The normalized spacial score (nSPS) is 11.4. The highest BCUT2D eigenvalue weighted by Gasteiger charge is 2.23. The molecule has 0 bridgehead atoms. The van der Waals surface area contributed by atoms with Crippen molar-refractivity contribution in [1.82, 2.24) is 24.7 Å². The largest absolute Gasteiger partial charge is 0.294 e. The Bertz CT molecular complexity index is 1350. The lowest BCUT2D eigenvalue weighted by molar-refractivity contribution is 0.593. The zero-order valence-corrected chi connectivity index (χ0v) is 17.7. The van der Waals surface area contributed by atoms with Crippen LogP contribution in [0.3, 0.4) is 0 Å². The summed E-state index contributed by atoms with van der Waals surface area (Å²) < 4.78 is 28.1. The molecule has 0 amide bonds. The molecule has 0 saturated carbocycles. The molecule has 0 aromatic carbocycles. The lowest BCUT2D eigenvalue weighted by Crippen LogP contribution is -2.27. The van der Waals surface area contributed by atoms with Gasteiger partial charge in [-0.25, -0.2) is 23.1 Å². The van der Waals surface area contributed by atoms with E-state index in [1.54, 1.807) is 30.6 Å². The van der Waals surface area contributed by atoms with Gasteiger partial charge >= 0.3 is 0 Å². The highest BCUT2D eigenvalue weighted by Crippen LogP contribution is 2.20. The van der Waals surface area contributed by atoms with Crippen LogP contribution in [-0.4, -0.2) is 40.2 Å². The van der Waals surface area contributed by atoms with Gasteiger partial charge in [-0.15, -0.1) is 0 Å². The van der Waals surface area contributed by atoms with Gasteiger partial charge in [0.05, 0.1) is 0 Å². The van der Waals surface area contributed by atoms with Crippen molar-refractivity contribution in [3.63, 3.8) is 0 Å². The molecule has 9 nitrogen and oxygen atoms in total. The van der Waals surface area contributed by atoms with Crippen LogP contribution in [0.25, 0.3) is 5.82 Å². The van der Waals surface area contributed by atoms with E-state index >= 15 is 0 Å². The molecule has 0 radical (unpaired) electrons. The van der Waals surface area contributed by atoms with Gasteiger partial charge in [0.15, 0.2) is 5.82 Å². The Balaban J connectivity index is 1.63. The number of sulfonamides is 1. The molecule has 10 heteroatoms. The molecule has 4 aromatic rings. The average molecular weight is 436 g/mol. The Kier molecular flexibility index (Phi) is 5.38. The number of H-pyrrole nitrogens is 1. The molecule has 0 unspecified atom stereocenters. The molecular weight excluding hydrogens is 416 g/mol. The molecule has 158 valence electrons. The number of anilines is 1. The number of hydrogen-bond donors (Lipinski definition) is 1. The maximum atomic E-state index is 12.9. The van der Waals surface area contributed by atoms with E-state index < -0.39 is 10.0 Å². The third-order valence-corrected chi connectivity index (χ3v) is 6.62. The molecule has 0 aliphatic rings. The Labute approximate surface area is 179 Å². The van der Waals surface area contributed by atoms with Crippen LogP contribution in [0.1, 0.15) is 16.8 Å². The van der Waals surface area contributed by atoms with Gasteiger partial charge in [0.25, 0.3) is 15.6 Å². The average Bonchev–Trinajstić information content (AvgIpc) is 3.08. The lowest BCUT2D eigenvalue weighted by Gasteiger charge is -2.18. The van der Waals surface area contributed by atoms with E-state index in [4.69, 9.17) is 0 Å². The highest BCUT2D eigenvalue weighted by atomic mass is 32.2. The van der Waals surface area contributed by atoms with Crippen LogP contribution in [0.15, 0.2) is 76.9 Å². The fraction of sp³-hybridized carbons (Fsp3) is 0.143. The van der Waals surface area contributed by atoms with E-state index in [1.807, 2.05) is 19.1 Å². The molecule has 0 atom stereocenters. The van der Waals surface area contributed by atoms with Crippen LogP contribution >= 0.6 is 0 Å². The summed E-state index contributed by atoms with van der Waals surface area (Å²) in [7, 11) is -2.42. The maximum absolute atomic E-state index is 12.9. The van der Waals surface area contributed by atoms with E-state index in [9.17, 15) is 13.2 Å². The van der Waals surface area contributed by atoms with Crippen LogP contribution < -0.4 is 9.86 Å². The fourth-order valence-electron chi connectivity index (χ4n) is 3.14. The number of hydrogen-bond acceptors (Lipinski definition) is 6. The SMILES string of the molecule is Cc1[nH]n(-c2ccc(S(=O)(=O)N(C)c3ccccn3)cn2)c(=O)c1Cc1cccnc1. The van der Waals surface area contributed by atoms with Gasteiger partial charge in [0.2, 0.25) is 0 Å². The quantitative estimate of drug-likeness (QED) is 0.495. The Hall–Kier alpha value is -3.79. The second-order valence-electron chi connectivity index (χ2n) is 6.91. The summed E-state index contributed by atoms with van der Waals surface area (Å²) in [6.07, 6.45) is 6.57. The van der Waals surface area contributed by atoms with Crippen molar-refractivity contribution in [2.24, 2.45) is 0 Å². The van der Waals surface area contributed by atoms with E-state index in [-0.39, 0.29) is 10.5 Å². The topological polar surface area (TPSA) is 114 Å². The third-order valence-electron chi connectivity index (χ3n) is 4.88. The monoisotopic (exact) mass is 436 g/mol. The van der Waals surface area contributed by atoms with Crippen LogP contribution in [-0.2, 0) is 16.4 Å². The predicted molar refractivity (Wildman–Crippen MR) is 116 cm³/mol. The Morgan fingerprint density at radius 2 is 1.87 bits per heavy atom. The first-order valence-electron chi connectivity index (χ1n) is 9.43. The summed E-state index contributed by atoms with van der Waals surface area (Å²) >= 11 is 0. The molecule has 0 spiro atoms. The Morgan fingerprint density at radius 3 is 2.52 bits per heavy atom. The maximum Gasteiger partial charge on any atom is 0.276 e. The van der Waals surface area contributed by atoms with Crippen LogP contribution in [0.2, 0.25) is 0 Å². The van der Waals surface area contributed by atoms with Gasteiger partial charge in [-0.1, -0.05) is 12.1 Å². The molecule has 0 fully saturated rings. The van der Waals surface area contributed by atoms with Gasteiger partial charge in [0.1, 0.15) is 10.7 Å². The number of pyridine rings is 3. The molecule has 4 rings (SSSR count).